The van der Waals surface area contributed by atoms with Crippen molar-refractivity contribution in [3.63, 3.8) is 0 Å². The number of hydrogen-bond acceptors (Lipinski definition) is 21. The van der Waals surface area contributed by atoms with Crippen molar-refractivity contribution in [3.8, 4) is 45.5 Å². The third-order valence-corrected chi connectivity index (χ3v) is 14.4. The minimum Gasteiger partial charge on any atom is -0.444 e. The molecule has 0 bridgehead atoms. The topological polar surface area (TPSA) is 392 Å². The number of nitrogens with one attached hydrogen (secondary N) is 5. The maximum absolute atomic E-state index is 13.0. The normalized spacial score (nSPS) is 11.6. The second kappa shape index (κ2) is 31.2. The Bertz CT molecular complexity index is 4680. The third-order valence-electron chi connectivity index (χ3n) is 14.1. The van der Waals surface area contributed by atoms with Gasteiger partial charge in [-0.25, -0.2) is 39.7 Å². The van der Waals surface area contributed by atoms with E-state index in [1.54, 1.807) is 90.8 Å². The predicted molar refractivity (Wildman–Crippen MR) is 365 cm³/mol. The standard InChI is InChI=1S/C23H20N8O.C23H26N4O3.C18H18N4O.C5H3ClN4/c1-13(30-22-15(11-24)21(25)28-12-29-22)19-17(14-7-4-3-5-8-14)18(23(32)26-2)20-16(31-19)9-6-10-27-20;1-14(26-22(29)30-23(2,3)4)19-17(15-10-7-6-8-11-15)18(21(28)24-5)20-16(27-19)12-9-13-25-20;1-11(19)16-14(12-7-4-3-5-8-12)15(18(23)20-2)17-13(22-16)9-6-10-21-17;6-4-3(1-7)5(8)10-2-9-4/h3-10,12-13H,1-2H3,(H,26,32)(H3,25,28,29,30);6-14H,1-5H3,(H,24,28)(H,26,29);3-11H,19H2,1-2H3,(H,20,23);2H,(H2,8,9,10). The average Bonchev–Trinajstić information content (AvgIpc) is 0.785. The SMILES string of the molecule is CNC(=O)c1c(-c2ccccc2)c(C(C)N)nc2cccnc12.CNC(=O)c1c(-c2ccccc2)c(C(C)NC(=O)OC(C)(C)C)nc2cccnc12.CNC(=O)c1c(-c2ccccc2)c(C(C)Nc2ncnc(N)c2C#N)nc2cccnc12.N#Cc1c(N)ncnc1Cl. The first-order chi connectivity index (χ1) is 45.6. The Morgan fingerprint density at radius 1 is 0.505 bits per heavy atom. The van der Waals surface area contributed by atoms with Crippen molar-refractivity contribution in [1.82, 2.24) is 71.1 Å². The first-order valence-electron chi connectivity index (χ1n) is 29.5. The number of ether oxygens (including phenoxy) is 1. The molecule has 0 aliphatic rings. The number of anilines is 3. The number of nitrogens with two attached hydrogens (primary N) is 3. The van der Waals surface area contributed by atoms with Gasteiger partial charge in [0.1, 0.15) is 75.5 Å². The summed E-state index contributed by atoms with van der Waals surface area (Å²) in [5.41, 5.74) is 28.1. The first kappa shape index (κ1) is 68.7. The fourth-order valence-corrected chi connectivity index (χ4v) is 10.1. The van der Waals surface area contributed by atoms with Crippen LogP contribution in [0.25, 0.3) is 66.5 Å². The molecule has 11 rings (SSSR count). The van der Waals surface area contributed by atoms with Crippen molar-refractivity contribution >= 4 is 86.0 Å². The smallest absolute Gasteiger partial charge is 0.408 e. The van der Waals surface area contributed by atoms with Crippen LogP contribution in [0.3, 0.4) is 0 Å². The quantitative estimate of drug-likeness (QED) is 0.0527. The molecular weight excluding hydrogens is 1220 g/mol. The monoisotopic (exact) mass is 1290 g/mol. The summed E-state index contributed by atoms with van der Waals surface area (Å²) in [6, 6.07) is 42.0. The lowest BCUT2D eigenvalue weighted by molar-refractivity contribution is 0.0506. The van der Waals surface area contributed by atoms with Gasteiger partial charge in [-0.1, -0.05) is 103 Å². The molecule has 0 saturated heterocycles. The van der Waals surface area contributed by atoms with E-state index >= 15 is 0 Å². The highest BCUT2D eigenvalue weighted by Crippen LogP contribution is 2.38. The molecule has 0 saturated carbocycles. The van der Waals surface area contributed by atoms with Crippen LogP contribution in [0, 0.1) is 22.7 Å². The second-order valence-corrected chi connectivity index (χ2v) is 22.2. The molecule has 3 aromatic carbocycles. The van der Waals surface area contributed by atoms with Gasteiger partial charge in [0.15, 0.2) is 5.15 Å². The van der Waals surface area contributed by atoms with Gasteiger partial charge in [0, 0.05) is 62.5 Å². The number of benzene rings is 3. The summed E-state index contributed by atoms with van der Waals surface area (Å²) in [6.07, 6.45) is 6.87. The van der Waals surface area contributed by atoms with Gasteiger partial charge in [-0.2, -0.15) is 10.5 Å². The number of halogens is 1. The van der Waals surface area contributed by atoms with Gasteiger partial charge < -0.3 is 48.5 Å². The number of fused-ring (bicyclic) bond motifs is 3. The third kappa shape index (κ3) is 16.1. The lowest BCUT2D eigenvalue weighted by Gasteiger charge is -2.24. The molecule has 95 heavy (non-hydrogen) atoms. The largest absolute Gasteiger partial charge is 0.444 e. The fraction of sp³-hybridized carbons (Fsp3) is 0.188. The van der Waals surface area contributed by atoms with Crippen LogP contribution < -0.4 is 43.8 Å². The molecule has 11 aromatic rings. The van der Waals surface area contributed by atoms with E-state index in [1.807, 2.05) is 130 Å². The summed E-state index contributed by atoms with van der Waals surface area (Å²) in [4.78, 5) is 93.6. The van der Waals surface area contributed by atoms with E-state index in [0.717, 1.165) is 22.3 Å². The molecule has 480 valence electrons. The van der Waals surface area contributed by atoms with Crippen LogP contribution in [0.4, 0.5) is 22.2 Å². The number of rotatable bonds is 12. The van der Waals surface area contributed by atoms with Crippen LogP contribution in [0.5, 0.6) is 0 Å². The Morgan fingerprint density at radius 2 is 0.874 bits per heavy atom. The van der Waals surface area contributed by atoms with Gasteiger partial charge >= 0.3 is 6.09 Å². The lowest BCUT2D eigenvalue weighted by Crippen LogP contribution is -2.34. The molecular formula is C69H67ClN20O5. The van der Waals surface area contributed by atoms with Crippen molar-refractivity contribution in [2.75, 3.05) is 37.9 Å². The van der Waals surface area contributed by atoms with Crippen LogP contribution in [-0.4, -0.2) is 100 Å². The number of pyridine rings is 6. The van der Waals surface area contributed by atoms with Crippen molar-refractivity contribution in [2.24, 2.45) is 5.73 Å². The molecule has 25 nitrogen and oxygen atoms in total. The molecule has 0 spiro atoms. The highest BCUT2D eigenvalue weighted by atomic mass is 35.5. The van der Waals surface area contributed by atoms with Gasteiger partial charge in [0.05, 0.1) is 62.4 Å². The van der Waals surface area contributed by atoms with E-state index in [2.05, 4.69) is 66.5 Å². The molecule has 3 atom stereocenters. The number of carbonyl (C=O) groups is 4. The summed E-state index contributed by atoms with van der Waals surface area (Å²) in [6.45, 7) is 11.0. The number of nitriles is 2. The van der Waals surface area contributed by atoms with E-state index in [9.17, 15) is 24.4 Å². The number of nitrogens with zero attached hydrogens (tertiary/aromatic N) is 12. The van der Waals surface area contributed by atoms with Crippen LogP contribution >= 0.6 is 11.6 Å². The van der Waals surface area contributed by atoms with Gasteiger partial charge in [0.2, 0.25) is 0 Å². The Kier molecular flexibility index (Phi) is 22.6. The zero-order valence-corrected chi connectivity index (χ0v) is 54.0. The zero-order valence-electron chi connectivity index (χ0n) is 53.3. The molecule has 0 aliphatic heterocycles. The lowest BCUT2D eigenvalue weighted by atomic mass is 9.93. The van der Waals surface area contributed by atoms with Crippen molar-refractivity contribution in [2.45, 2.75) is 65.3 Å². The maximum atomic E-state index is 13.0. The molecule has 0 aliphatic carbocycles. The number of hydrogen-bond donors (Lipinski definition) is 8. The highest BCUT2D eigenvalue weighted by molar-refractivity contribution is 6.30. The van der Waals surface area contributed by atoms with Gasteiger partial charge in [0.25, 0.3) is 17.7 Å². The molecule has 0 radical (unpaired) electrons. The Balaban J connectivity index is 0.000000171. The Hall–Kier alpha value is -12.2. The number of nitrogen functional groups attached to an aromatic ring is 2. The number of alkyl carbamates (subject to hydrolysis) is 1. The number of amides is 4. The second-order valence-electron chi connectivity index (χ2n) is 21.8. The minimum absolute atomic E-state index is 0.0854. The van der Waals surface area contributed by atoms with E-state index < -0.39 is 23.8 Å². The molecule has 8 aromatic heterocycles. The Labute approximate surface area is 552 Å². The molecule has 11 N–H and O–H groups in total. The van der Waals surface area contributed by atoms with E-state index in [4.69, 9.17) is 48.8 Å². The molecule has 3 unspecified atom stereocenters. The highest BCUT2D eigenvalue weighted by Gasteiger charge is 2.29. The summed E-state index contributed by atoms with van der Waals surface area (Å²) in [5, 5.41) is 32.1. The molecule has 4 amide bonds. The zero-order chi connectivity index (χ0) is 68.5. The van der Waals surface area contributed by atoms with Crippen LogP contribution in [0.15, 0.2) is 159 Å². The van der Waals surface area contributed by atoms with Crippen molar-refractivity contribution in [3.05, 3.63) is 209 Å². The van der Waals surface area contributed by atoms with Crippen LogP contribution in [-0.2, 0) is 4.74 Å². The molecule has 26 heteroatoms. The minimum atomic E-state index is -0.625. The first-order valence-corrected chi connectivity index (χ1v) is 29.9. The van der Waals surface area contributed by atoms with Gasteiger partial charge in [-0.15, -0.1) is 0 Å². The van der Waals surface area contributed by atoms with Crippen molar-refractivity contribution in [1.29, 1.82) is 10.5 Å². The summed E-state index contributed by atoms with van der Waals surface area (Å²) in [5.74, 6) is -0.249. The average molecular weight is 1290 g/mol. The summed E-state index contributed by atoms with van der Waals surface area (Å²) >= 11 is 5.48. The summed E-state index contributed by atoms with van der Waals surface area (Å²) < 4.78 is 5.39. The molecule has 8 heterocycles. The van der Waals surface area contributed by atoms with Gasteiger partial charge in [-0.3, -0.25) is 29.3 Å². The maximum Gasteiger partial charge on any atom is 0.408 e. The van der Waals surface area contributed by atoms with Crippen molar-refractivity contribution < 1.29 is 23.9 Å². The van der Waals surface area contributed by atoms with Gasteiger partial charge in [-0.05, 0) is 94.6 Å². The van der Waals surface area contributed by atoms with E-state index in [-0.39, 0.29) is 51.7 Å². The summed E-state index contributed by atoms with van der Waals surface area (Å²) in [7, 11) is 4.77. The number of carbonyl (C=O) groups excluding carboxylic acids is 4. The van der Waals surface area contributed by atoms with E-state index in [0.29, 0.717) is 83.8 Å². The number of aromatic nitrogens is 10. The predicted octanol–water partition coefficient (Wildman–Crippen LogP) is 10.6. The Morgan fingerprint density at radius 3 is 1.23 bits per heavy atom. The fourth-order valence-electron chi connectivity index (χ4n) is 9.95. The van der Waals surface area contributed by atoms with E-state index in [1.165, 1.54) is 12.7 Å². The van der Waals surface area contributed by atoms with Crippen LogP contribution in [0.1, 0.15) is 119 Å². The van der Waals surface area contributed by atoms with Crippen LogP contribution in [0.2, 0.25) is 5.15 Å². The molecule has 0 fully saturated rings.